The van der Waals surface area contributed by atoms with Crippen LogP contribution in [0.3, 0.4) is 0 Å². The molecular formula is C12H20O. The van der Waals surface area contributed by atoms with Crippen molar-refractivity contribution >= 4 is 6.29 Å². The second-order valence-electron chi connectivity index (χ2n) is 3.30. The van der Waals surface area contributed by atoms with Gasteiger partial charge in [0.1, 0.15) is 6.29 Å². The van der Waals surface area contributed by atoms with Crippen LogP contribution in [-0.2, 0) is 4.79 Å². The minimum absolute atomic E-state index is 0.490. The Morgan fingerprint density at radius 2 is 2.15 bits per heavy atom. The van der Waals surface area contributed by atoms with Gasteiger partial charge in [0.15, 0.2) is 0 Å². The predicted octanol–water partition coefficient (Wildman–Crippen LogP) is 3.51. The average molecular weight is 180 g/mol. The Kier molecular flexibility index (Phi) is 7.27. The van der Waals surface area contributed by atoms with E-state index in [0.29, 0.717) is 5.92 Å². The first kappa shape index (κ1) is 12.2. The summed E-state index contributed by atoms with van der Waals surface area (Å²) in [5, 5.41) is 0. The van der Waals surface area contributed by atoms with Gasteiger partial charge >= 0.3 is 0 Å². The number of carbonyl (C=O) groups excluding carboxylic acids is 1. The normalized spacial score (nSPS) is 13.8. The van der Waals surface area contributed by atoms with Gasteiger partial charge in [-0.15, -0.1) is 6.58 Å². The van der Waals surface area contributed by atoms with Crippen LogP contribution in [0.4, 0.5) is 0 Å². The molecule has 0 radical (unpaired) electrons. The molecule has 13 heavy (non-hydrogen) atoms. The molecule has 0 N–H and O–H groups in total. The minimum atomic E-state index is 0.490. The van der Waals surface area contributed by atoms with Gasteiger partial charge in [0.2, 0.25) is 0 Å². The molecule has 1 unspecified atom stereocenters. The highest BCUT2D eigenvalue weighted by Gasteiger charge is 2.02. The Morgan fingerprint density at radius 1 is 1.46 bits per heavy atom. The van der Waals surface area contributed by atoms with Gasteiger partial charge in [-0.1, -0.05) is 32.4 Å². The quantitative estimate of drug-likeness (QED) is 0.333. The Morgan fingerprint density at radius 3 is 2.54 bits per heavy atom. The molecule has 1 heteroatoms. The second kappa shape index (κ2) is 7.78. The average Bonchev–Trinajstić information content (AvgIpc) is 2.16. The second-order valence-corrected chi connectivity index (χ2v) is 3.30. The lowest BCUT2D eigenvalue weighted by molar-refractivity contribution is -0.105. The van der Waals surface area contributed by atoms with E-state index in [1.54, 1.807) is 0 Å². The molecule has 0 heterocycles. The molecule has 0 amide bonds. The maximum absolute atomic E-state index is 10.7. The van der Waals surface area contributed by atoms with Crippen molar-refractivity contribution in [3.05, 3.63) is 24.3 Å². The minimum Gasteiger partial charge on any atom is -0.298 e. The third kappa shape index (κ3) is 5.40. The maximum Gasteiger partial charge on any atom is 0.145 e. The van der Waals surface area contributed by atoms with Crippen LogP contribution in [0.2, 0.25) is 0 Å². The van der Waals surface area contributed by atoms with Gasteiger partial charge < -0.3 is 0 Å². The van der Waals surface area contributed by atoms with E-state index in [0.717, 1.165) is 37.5 Å². The maximum atomic E-state index is 10.7. The van der Waals surface area contributed by atoms with Gasteiger partial charge in [-0.05, 0) is 30.8 Å². The molecule has 0 fully saturated rings. The summed E-state index contributed by atoms with van der Waals surface area (Å²) in [5.41, 5.74) is 0.941. The molecule has 0 aromatic heterocycles. The van der Waals surface area contributed by atoms with E-state index in [1.165, 1.54) is 0 Å². The number of hydrogen-bond donors (Lipinski definition) is 0. The first-order valence-corrected chi connectivity index (χ1v) is 5.05. The zero-order valence-corrected chi connectivity index (χ0v) is 8.75. The smallest absolute Gasteiger partial charge is 0.145 e. The van der Waals surface area contributed by atoms with Crippen LogP contribution in [-0.4, -0.2) is 6.29 Å². The van der Waals surface area contributed by atoms with Crippen LogP contribution in [0.1, 0.15) is 39.5 Å². The zero-order chi connectivity index (χ0) is 10.1. The van der Waals surface area contributed by atoms with Crippen molar-refractivity contribution in [2.24, 2.45) is 5.92 Å². The molecule has 0 saturated heterocycles. The van der Waals surface area contributed by atoms with E-state index in [-0.39, 0.29) is 0 Å². The van der Waals surface area contributed by atoms with Crippen LogP contribution in [0.5, 0.6) is 0 Å². The van der Waals surface area contributed by atoms with E-state index in [2.05, 4.69) is 26.5 Å². The number of hydrogen-bond acceptors (Lipinski definition) is 1. The Balaban J connectivity index is 4.24. The number of rotatable bonds is 7. The van der Waals surface area contributed by atoms with E-state index in [4.69, 9.17) is 0 Å². The topological polar surface area (TPSA) is 17.1 Å². The molecule has 1 nitrogen and oxygen atoms in total. The van der Waals surface area contributed by atoms with E-state index >= 15 is 0 Å². The van der Waals surface area contributed by atoms with E-state index < -0.39 is 0 Å². The summed E-state index contributed by atoms with van der Waals surface area (Å²) in [7, 11) is 0. The SMILES string of the molecule is C=CCC(/C=C(/C=O)CCC)CC. The molecule has 0 spiro atoms. The van der Waals surface area contributed by atoms with Crippen molar-refractivity contribution in [2.45, 2.75) is 39.5 Å². The molecular weight excluding hydrogens is 160 g/mol. The van der Waals surface area contributed by atoms with Crippen LogP contribution in [0, 0.1) is 5.92 Å². The monoisotopic (exact) mass is 180 g/mol. The molecule has 0 aromatic rings. The van der Waals surface area contributed by atoms with Crippen LogP contribution in [0.25, 0.3) is 0 Å². The summed E-state index contributed by atoms with van der Waals surface area (Å²) in [6.45, 7) is 7.94. The van der Waals surface area contributed by atoms with Crippen LogP contribution >= 0.6 is 0 Å². The molecule has 0 bridgehead atoms. The first-order valence-electron chi connectivity index (χ1n) is 5.05. The predicted molar refractivity (Wildman–Crippen MR) is 57.7 cm³/mol. The van der Waals surface area contributed by atoms with Crippen molar-refractivity contribution in [2.75, 3.05) is 0 Å². The Hall–Kier alpha value is -0.850. The zero-order valence-electron chi connectivity index (χ0n) is 8.75. The standard InChI is InChI=1S/C12H20O/c1-4-7-11(6-3)9-12(10-13)8-5-2/h4,9-11H,1,5-8H2,2-3H3/b12-9+. The van der Waals surface area contributed by atoms with E-state index in [9.17, 15) is 4.79 Å². The summed E-state index contributed by atoms with van der Waals surface area (Å²) >= 11 is 0. The fourth-order valence-electron chi connectivity index (χ4n) is 1.34. The summed E-state index contributed by atoms with van der Waals surface area (Å²) in [6.07, 6.45) is 8.98. The van der Waals surface area contributed by atoms with Gasteiger partial charge in [0.05, 0.1) is 0 Å². The summed E-state index contributed by atoms with van der Waals surface area (Å²) < 4.78 is 0. The fourth-order valence-corrected chi connectivity index (χ4v) is 1.34. The molecule has 1 atom stereocenters. The highest BCUT2D eigenvalue weighted by molar-refractivity contribution is 5.73. The van der Waals surface area contributed by atoms with Crippen LogP contribution < -0.4 is 0 Å². The largest absolute Gasteiger partial charge is 0.298 e. The number of allylic oxidation sites excluding steroid dienone is 3. The van der Waals surface area contributed by atoms with Crippen molar-refractivity contribution in [3.63, 3.8) is 0 Å². The van der Waals surface area contributed by atoms with Crippen molar-refractivity contribution < 1.29 is 4.79 Å². The fraction of sp³-hybridized carbons (Fsp3) is 0.583. The summed E-state index contributed by atoms with van der Waals surface area (Å²) in [6, 6.07) is 0. The van der Waals surface area contributed by atoms with Gasteiger partial charge in [-0.3, -0.25) is 4.79 Å². The van der Waals surface area contributed by atoms with E-state index in [1.807, 2.05) is 6.08 Å². The third-order valence-electron chi connectivity index (χ3n) is 2.13. The molecule has 0 saturated carbocycles. The lowest BCUT2D eigenvalue weighted by Gasteiger charge is -2.07. The molecule has 0 aliphatic carbocycles. The molecule has 0 rings (SSSR count). The molecule has 0 aromatic carbocycles. The Bertz CT molecular complexity index is 180. The van der Waals surface area contributed by atoms with Gasteiger partial charge in [0.25, 0.3) is 0 Å². The molecule has 0 aliphatic heterocycles. The first-order chi connectivity index (χ1) is 6.28. The summed E-state index contributed by atoms with van der Waals surface area (Å²) in [4.78, 5) is 10.7. The van der Waals surface area contributed by atoms with Gasteiger partial charge in [-0.25, -0.2) is 0 Å². The summed E-state index contributed by atoms with van der Waals surface area (Å²) in [5.74, 6) is 0.490. The van der Waals surface area contributed by atoms with Gasteiger partial charge in [-0.2, -0.15) is 0 Å². The molecule has 0 aliphatic rings. The highest BCUT2D eigenvalue weighted by atomic mass is 16.1. The number of carbonyl (C=O) groups is 1. The Labute approximate surface area is 81.5 Å². The van der Waals surface area contributed by atoms with Crippen LogP contribution in [0.15, 0.2) is 24.3 Å². The van der Waals surface area contributed by atoms with Crippen molar-refractivity contribution in [1.82, 2.24) is 0 Å². The van der Waals surface area contributed by atoms with Gasteiger partial charge in [0, 0.05) is 0 Å². The lowest BCUT2D eigenvalue weighted by atomic mass is 9.98. The highest BCUT2D eigenvalue weighted by Crippen LogP contribution is 2.14. The third-order valence-corrected chi connectivity index (χ3v) is 2.13. The van der Waals surface area contributed by atoms with Crippen molar-refractivity contribution in [3.8, 4) is 0 Å². The lowest BCUT2D eigenvalue weighted by Crippen LogP contribution is -1.96. The number of aldehydes is 1. The molecule has 74 valence electrons. The van der Waals surface area contributed by atoms with Crippen molar-refractivity contribution in [1.29, 1.82) is 0 Å².